The largest absolute Gasteiger partial charge is 0.494 e. The first-order valence-corrected chi connectivity index (χ1v) is 9.13. The Morgan fingerprint density at radius 1 is 1.29 bits per heavy atom. The maximum absolute atomic E-state index is 12.4. The standard InChI is InChI=1S/C17H22N2O4S/c1-4-22-13-7-5-12(6-8-13)15-14(11(2)18-17(21)19-15)16(20)23-9-10-24-3/h5-8,15H,4,9-10H2,1-3H3,(H2,18,19,21)/t15-/m1/s1. The molecular weight excluding hydrogens is 328 g/mol. The quantitative estimate of drug-likeness (QED) is 0.584. The van der Waals surface area contributed by atoms with Crippen molar-refractivity contribution in [1.82, 2.24) is 10.6 Å². The van der Waals surface area contributed by atoms with E-state index in [9.17, 15) is 9.59 Å². The third-order valence-electron chi connectivity index (χ3n) is 3.53. The molecule has 1 aliphatic rings. The van der Waals surface area contributed by atoms with Crippen LogP contribution in [0.4, 0.5) is 4.79 Å². The first-order valence-electron chi connectivity index (χ1n) is 7.74. The molecule has 0 saturated heterocycles. The number of amides is 2. The minimum Gasteiger partial charge on any atom is -0.494 e. The second-order valence-electron chi connectivity index (χ2n) is 5.20. The molecule has 0 unspecified atom stereocenters. The number of hydrogen-bond donors (Lipinski definition) is 2. The Kier molecular flexibility index (Phi) is 6.54. The zero-order chi connectivity index (χ0) is 17.5. The highest BCUT2D eigenvalue weighted by atomic mass is 32.2. The number of thioether (sulfide) groups is 1. The van der Waals surface area contributed by atoms with E-state index in [-0.39, 0.29) is 6.03 Å². The van der Waals surface area contributed by atoms with E-state index in [1.807, 2.05) is 37.4 Å². The van der Waals surface area contributed by atoms with Crippen molar-refractivity contribution in [3.63, 3.8) is 0 Å². The van der Waals surface area contributed by atoms with E-state index in [0.717, 1.165) is 17.1 Å². The second-order valence-corrected chi connectivity index (χ2v) is 6.19. The van der Waals surface area contributed by atoms with Crippen LogP contribution in [0.1, 0.15) is 25.5 Å². The zero-order valence-corrected chi connectivity index (χ0v) is 14.9. The van der Waals surface area contributed by atoms with Crippen LogP contribution < -0.4 is 15.4 Å². The Bertz CT molecular complexity index is 628. The zero-order valence-electron chi connectivity index (χ0n) is 14.0. The molecule has 0 bridgehead atoms. The molecule has 0 fully saturated rings. The molecule has 1 heterocycles. The van der Waals surface area contributed by atoms with Gasteiger partial charge in [-0.3, -0.25) is 0 Å². The summed E-state index contributed by atoms with van der Waals surface area (Å²) < 4.78 is 10.7. The smallest absolute Gasteiger partial charge is 0.338 e. The molecule has 24 heavy (non-hydrogen) atoms. The number of rotatable bonds is 7. The van der Waals surface area contributed by atoms with E-state index in [2.05, 4.69) is 10.6 Å². The lowest BCUT2D eigenvalue weighted by Gasteiger charge is -2.28. The molecule has 2 rings (SSSR count). The van der Waals surface area contributed by atoms with Crippen LogP contribution in [0.2, 0.25) is 0 Å². The molecule has 2 amide bonds. The van der Waals surface area contributed by atoms with Gasteiger partial charge in [0.2, 0.25) is 0 Å². The summed E-state index contributed by atoms with van der Waals surface area (Å²) in [6.07, 6.45) is 1.95. The molecule has 7 heteroatoms. The first kappa shape index (κ1) is 18.2. The molecule has 130 valence electrons. The third kappa shape index (κ3) is 4.44. The molecular formula is C17H22N2O4S. The molecule has 1 atom stereocenters. The minimum absolute atomic E-state index is 0.334. The predicted molar refractivity (Wildman–Crippen MR) is 94.1 cm³/mol. The summed E-state index contributed by atoms with van der Waals surface area (Å²) in [5, 5.41) is 5.41. The van der Waals surface area contributed by atoms with Crippen LogP contribution in [-0.2, 0) is 9.53 Å². The highest BCUT2D eigenvalue weighted by Crippen LogP contribution is 2.28. The van der Waals surface area contributed by atoms with E-state index in [4.69, 9.17) is 9.47 Å². The molecule has 0 aliphatic carbocycles. The minimum atomic E-state index is -0.545. The Labute approximate surface area is 146 Å². The van der Waals surface area contributed by atoms with Gasteiger partial charge in [0, 0.05) is 11.4 Å². The number of ether oxygens (including phenoxy) is 2. The van der Waals surface area contributed by atoms with Crippen molar-refractivity contribution in [2.45, 2.75) is 19.9 Å². The number of carbonyl (C=O) groups is 2. The molecule has 0 saturated carbocycles. The van der Waals surface area contributed by atoms with E-state index in [0.29, 0.717) is 24.5 Å². The van der Waals surface area contributed by atoms with Crippen molar-refractivity contribution in [2.24, 2.45) is 0 Å². The maximum atomic E-state index is 12.4. The van der Waals surface area contributed by atoms with Crippen LogP contribution in [-0.4, -0.2) is 37.2 Å². The van der Waals surface area contributed by atoms with Gasteiger partial charge < -0.3 is 20.1 Å². The highest BCUT2D eigenvalue weighted by Gasteiger charge is 2.32. The van der Waals surface area contributed by atoms with Gasteiger partial charge in [-0.25, -0.2) is 9.59 Å². The molecule has 1 aromatic rings. The third-order valence-corrected chi connectivity index (χ3v) is 4.11. The molecule has 0 radical (unpaired) electrons. The van der Waals surface area contributed by atoms with Crippen molar-refractivity contribution in [3.05, 3.63) is 41.1 Å². The topological polar surface area (TPSA) is 76.7 Å². The van der Waals surface area contributed by atoms with E-state index >= 15 is 0 Å². The molecule has 1 aliphatic heterocycles. The van der Waals surface area contributed by atoms with Gasteiger partial charge in [-0.1, -0.05) is 12.1 Å². The lowest BCUT2D eigenvalue weighted by Crippen LogP contribution is -2.45. The summed E-state index contributed by atoms with van der Waals surface area (Å²) in [4.78, 5) is 24.3. The highest BCUT2D eigenvalue weighted by molar-refractivity contribution is 7.98. The van der Waals surface area contributed by atoms with Gasteiger partial charge in [-0.15, -0.1) is 0 Å². The molecule has 2 N–H and O–H groups in total. The number of carbonyl (C=O) groups excluding carboxylic acids is 2. The fourth-order valence-corrected chi connectivity index (χ4v) is 2.68. The fourth-order valence-electron chi connectivity index (χ4n) is 2.43. The molecule has 0 spiro atoms. The predicted octanol–water partition coefficient (Wildman–Crippen LogP) is 2.62. The summed E-state index contributed by atoms with van der Waals surface area (Å²) >= 11 is 1.60. The number of hydrogen-bond acceptors (Lipinski definition) is 5. The average Bonchev–Trinajstić information content (AvgIpc) is 2.55. The number of allylic oxidation sites excluding steroid dienone is 1. The second kappa shape index (κ2) is 8.63. The van der Waals surface area contributed by atoms with Crippen LogP contribution in [0.5, 0.6) is 5.75 Å². The Morgan fingerprint density at radius 2 is 2.00 bits per heavy atom. The molecule has 0 aromatic heterocycles. The Morgan fingerprint density at radius 3 is 2.62 bits per heavy atom. The number of urea groups is 1. The summed E-state index contributed by atoms with van der Waals surface area (Å²) in [5.74, 6) is 1.05. The van der Waals surface area contributed by atoms with Gasteiger partial charge in [0.15, 0.2) is 0 Å². The summed E-state index contributed by atoms with van der Waals surface area (Å²) in [6, 6.07) is 6.43. The van der Waals surface area contributed by atoms with Gasteiger partial charge in [-0.2, -0.15) is 11.8 Å². The number of nitrogens with one attached hydrogen (secondary N) is 2. The van der Waals surface area contributed by atoms with Gasteiger partial charge in [0.25, 0.3) is 0 Å². The van der Waals surface area contributed by atoms with Crippen LogP contribution >= 0.6 is 11.8 Å². The van der Waals surface area contributed by atoms with Gasteiger partial charge >= 0.3 is 12.0 Å². The monoisotopic (exact) mass is 350 g/mol. The van der Waals surface area contributed by atoms with E-state index in [1.165, 1.54) is 0 Å². The van der Waals surface area contributed by atoms with Crippen molar-refractivity contribution >= 4 is 23.8 Å². The number of esters is 1. The van der Waals surface area contributed by atoms with Gasteiger partial charge in [-0.05, 0) is 37.8 Å². The van der Waals surface area contributed by atoms with Crippen molar-refractivity contribution in [2.75, 3.05) is 25.2 Å². The molecule has 1 aromatic carbocycles. The maximum Gasteiger partial charge on any atom is 0.338 e. The van der Waals surface area contributed by atoms with Crippen LogP contribution in [0.15, 0.2) is 35.5 Å². The summed E-state index contributed by atoms with van der Waals surface area (Å²) in [7, 11) is 0. The lowest BCUT2D eigenvalue weighted by atomic mass is 9.95. The van der Waals surface area contributed by atoms with E-state index in [1.54, 1.807) is 18.7 Å². The fraction of sp³-hybridized carbons (Fsp3) is 0.412. The summed E-state index contributed by atoms with van der Waals surface area (Å²) in [6.45, 7) is 4.53. The summed E-state index contributed by atoms with van der Waals surface area (Å²) in [5.41, 5.74) is 1.72. The lowest BCUT2D eigenvalue weighted by molar-refractivity contribution is -0.138. The normalized spacial score (nSPS) is 17.1. The first-order chi connectivity index (χ1) is 11.6. The van der Waals surface area contributed by atoms with Gasteiger partial charge in [0.05, 0.1) is 18.2 Å². The van der Waals surface area contributed by atoms with Crippen LogP contribution in [0.3, 0.4) is 0 Å². The van der Waals surface area contributed by atoms with Crippen LogP contribution in [0, 0.1) is 0 Å². The number of benzene rings is 1. The van der Waals surface area contributed by atoms with Crippen molar-refractivity contribution in [1.29, 1.82) is 0 Å². The Balaban J connectivity index is 2.25. The van der Waals surface area contributed by atoms with Crippen molar-refractivity contribution < 1.29 is 19.1 Å². The molecule has 6 nitrogen and oxygen atoms in total. The van der Waals surface area contributed by atoms with Crippen LogP contribution in [0.25, 0.3) is 0 Å². The Hall–Kier alpha value is -2.15. The SMILES string of the molecule is CCOc1ccc([C@H]2NC(=O)NC(C)=C2C(=O)OCCSC)cc1. The average molecular weight is 350 g/mol. The van der Waals surface area contributed by atoms with E-state index < -0.39 is 12.0 Å². The van der Waals surface area contributed by atoms with Crippen molar-refractivity contribution in [3.8, 4) is 5.75 Å². The van der Waals surface area contributed by atoms with Gasteiger partial charge in [0.1, 0.15) is 12.4 Å².